The number of imide groups is 1. The largest absolute Gasteiger partial charge is 0.495 e. The van der Waals surface area contributed by atoms with Gasteiger partial charge in [-0.25, -0.2) is 19.2 Å². The molecule has 4 bridgehead atoms. The number of anilines is 2. The number of epoxide rings is 1. The number of rotatable bonds is 23. The first-order chi connectivity index (χ1) is 41.6. The van der Waals surface area contributed by atoms with Crippen molar-refractivity contribution < 1.29 is 81.5 Å². The molecule has 6 rings (SSSR count). The second-order valence-electron chi connectivity index (χ2n) is 23.3. The minimum absolute atomic E-state index is 0.0743. The van der Waals surface area contributed by atoms with Crippen LogP contribution in [0.4, 0.5) is 25.8 Å². The van der Waals surface area contributed by atoms with Crippen molar-refractivity contribution in [2.24, 2.45) is 17.6 Å². The highest BCUT2D eigenvalue weighted by molar-refractivity contribution is 6.35. The van der Waals surface area contributed by atoms with Gasteiger partial charge < -0.3 is 65.4 Å². The van der Waals surface area contributed by atoms with Crippen molar-refractivity contribution in [2.75, 3.05) is 51.6 Å². The third-order valence-electron chi connectivity index (χ3n) is 16.3. The highest BCUT2D eigenvalue weighted by atomic mass is 35.5. The predicted molar refractivity (Wildman–Crippen MR) is 321 cm³/mol. The molecule has 4 aliphatic rings. The minimum Gasteiger partial charge on any atom is -0.495 e. The zero-order valence-corrected chi connectivity index (χ0v) is 52.3. The van der Waals surface area contributed by atoms with Gasteiger partial charge in [0.15, 0.2) is 5.72 Å². The monoisotopic (exact) mass is 1250 g/mol. The van der Waals surface area contributed by atoms with Crippen molar-refractivity contribution >= 4 is 82.6 Å². The molecule has 8 N–H and O–H groups in total. The number of hydrogen-bond acceptors (Lipinski definition) is 17. The van der Waals surface area contributed by atoms with Gasteiger partial charge in [0.05, 0.1) is 25.3 Å². The Labute approximate surface area is 517 Å². The number of amides is 10. The number of benzene rings is 2. The molecule has 27 heteroatoms. The maximum atomic E-state index is 14.4. The van der Waals surface area contributed by atoms with Gasteiger partial charge in [-0.05, 0) is 94.2 Å². The molecular formula is C61H84ClN9O17. The number of allylic oxidation sites excluding steroid dienone is 3. The standard InChI is InChI=1S/C61H84ClN9O17/c1-34(2)52(67-47(72)19-12-11-13-27-71-48(73)24-25-49(71)74)55(77)66-41(17-15-26-64-57(63)79)54(76)65-40-22-20-38(21-23-40)33-85-59(81)69(7)37(5)56(78)87-46-31-50(75)70(8)42-29-39(30-43(83-9)51(42)62)28-35(3)16-14-18-45(84-10)61(82)32-44(86-58(80)68-61)36(4)53-60(46,6)88-53/h14,16,18,20-23,29-30,34,36-37,41,44-46,52-53,82H,11-13,15,17,19,24-28,31-33H2,1-10H3,(H,65,76)(H,66,77)(H,67,72)(H,68,80)(H3,63,64,79)/b18-14+,35-16+/t36-,37+,41?,44+,45-,46+,52?,53+,60+,61+/m1/s1. The smallest absolute Gasteiger partial charge is 0.410 e. The highest BCUT2D eigenvalue weighted by Gasteiger charge is 2.64. The van der Waals surface area contributed by atoms with Gasteiger partial charge in [0, 0.05) is 71.6 Å². The van der Waals surface area contributed by atoms with Gasteiger partial charge in [-0.15, -0.1) is 0 Å². The zero-order valence-electron chi connectivity index (χ0n) is 51.6. The van der Waals surface area contributed by atoms with Crippen molar-refractivity contribution in [2.45, 2.75) is 173 Å². The summed E-state index contributed by atoms with van der Waals surface area (Å²) in [6.45, 7) is 10.3. The summed E-state index contributed by atoms with van der Waals surface area (Å²) in [7, 11) is 5.71. The van der Waals surface area contributed by atoms with Crippen LogP contribution in [-0.4, -0.2) is 170 Å². The van der Waals surface area contributed by atoms with E-state index in [9.17, 15) is 53.1 Å². The number of hydrogen-bond donors (Lipinski definition) is 7. The number of aliphatic hydroxyl groups is 1. The molecule has 0 radical (unpaired) electrons. The van der Waals surface area contributed by atoms with Crippen molar-refractivity contribution in [1.82, 2.24) is 31.1 Å². The maximum absolute atomic E-state index is 14.4. The van der Waals surface area contributed by atoms with Crippen molar-refractivity contribution in [3.05, 3.63) is 76.3 Å². The average molecular weight is 1250 g/mol. The van der Waals surface area contributed by atoms with Crippen LogP contribution in [0.25, 0.3) is 0 Å². The van der Waals surface area contributed by atoms with Crippen LogP contribution in [0.1, 0.15) is 117 Å². The Morgan fingerprint density at radius 3 is 2.30 bits per heavy atom. The number of urea groups is 1. The summed E-state index contributed by atoms with van der Waals surface area (Å²) >= 11 is 6.83. The van der Waals surface area contributed by atoms with Crippen LogP contribution in [0, 0.1) is 11.8 Å². The van der Waals surface area contributed by atoms with E-state index in [-0.39, 0.29) is 80.3 Å². The second kappa shape index (κ2) is 30.9. The van der Waals surface area contributed by atoms with Gasteiger partial charge in [-0.3, -0.25) is 43.9 Å². The zero-order chi connectivity index (χ0) is 64.8. The molecule has 4 heterocycles. The fraction of sp³-hybridized carbons (Fsp3) is 0.574. The Hall–Kier alpha value is -7.81. The Kier molecular flexibility index (Phi) is 24.3. The molecule has 26 nitrogen and oxygen atoms in total. The molecule has 10 amide bonds. The van der Waals surface area contributed by atoms with E-state index in [4.69, 9.17) is 45.8 Å². The first-order valence-electron chi connectivity index (χ1n) is 29.4. The predicted octanol–water partition coefficient (Wildman–Crippen LogP) is 5.05. The quantitative estimate of drug-likeness (QED) is 0.0252. The lowest BCUT2D eigenvalue weighted by atomic mass is 9.83. The molecule has 0 saturated carbocycles. The third-order valence-corrected chi connectivity index (χ3v) is 16.7. The van der Waals surface area contributed by atoms with E-state index in [0.29, 0.717) is 54.9 Å². The number of carbonyl (C=O) groups excluding carboxylic acids is 10. The Bertz CT molecular complexity index is 2960. The fourth-order valence-electron chi connectivity index (χ4n) is 10.8. The number of primary amides is 1. The number of nitrogens with two attached hydrogens (primary N) is 1. The summed E-state index contributed by atoms with van der Waals surface area (Å²) in [5.74, 6) is -4.15. The minimum atomic E-state index is -1.91. The number of halogens is 1. The first kappa shape index (κ1) is 69.3. The van der Waals surface area contributed by atoms with E-state index >= 15 is 0 Å². The van der Waals surface area contributed by atoms with Gasteiger partial charge in [0.25, 0.3) is 0 Å². The number of likely N-dealkylation sites (N-methyl/N-ethyl adjacent to an activating group) is 1. The molecule has 4 aliphatic heterocycles. The number of ether oxygens (including phenoxy) is 6. The van der Waals surface area contributed by atoms with E-state index in [0.717, 1.165) is 16.0 Å². The number of nitrogens with zero attached hydrogens (tertiary/aromatic N) is 3. The molecular weight excluding hydrogens is 1170 g/mol. The molecule has 2 aromatic rings. The van der Waals surface area contributed by atoms with Gasteiger partial charge in [-0.2, -0.15) is 0 Å². The Morgan fingerprint density at radius 2 is 1.65 bits per heavy atom. The molecule has 482 valence electrons. The molecule has 88 heavy (non-hydrogen) atoms. The number of nitrogens with one attached hydrogen (secondary N) is 5. The molecule has 2 unspecified atom stereocenters. The maximum Gasteiger partial charge on any atom is 0.410 e. The summed E-state index contributed by atoms with van der Waals surface area (Å²) in [5.41, 5.74) is 4.69. The molecule has 3 saturated heterocycles. The van der Waals surface area contributed by atoms with Crippen LogP contribution in [0.3, 0.4) is 0 Å². The SMILES string of the molecule is COc1cc2cc(c1Cl)N(C)C(=O)C[C@H](OC(=O)[C@H](C)N(C)C(=O)OCc1ccc(NC(=O)C(CCCNC(N)=O)NC(=O)C(NC(=O)CCCCCN3C(=O)CCC3=O)C(C)C)cc1)[C@]1(C)O[C@H]1[C@H](C)[C@@H]1C[C@@](O)(NC(=O)O1)[C@H](OC)/C=C/C=C(\C)C2. The van der Waals surface area contributed by atoms with Gasteiger partial charge >= 0.3 is 24.2 Å². The number of fused-ring (bicyclic) bond motifs is 5. The Morgan fingerprint density at radius 1 is 0.955 bits per heavy atom. The van der Waals surface area contributed by atoms with Crippen molar-refractivity contribution in [3.63, 3.8) is 0 Å². The van der Waals surface area contributed by atoms with Crippen molar-refractivity contribution in [3.8, 4) is 5.75 Å². The van der Waals surface area contributed by atoms with E-state index in [1.165, 1.54) is 45.0 Å². The normalized spacial score (nSPS) is 24.9. The number of carbonyl (C=O) groups is 10. The van der Waals surface area contributed by atoms with Crippen LogP contribution >= 0.6 is 11.6 Å². The summed E-state index contributed by atoms with van der Waals surface area (Å²) in [6.07, 6.45) is 1.53. The Balaban J connectivity index is 1.09. The van der Waals surface area contributed by atoms with Gasteiger partial charge in [0.2, 0.25) is 35.4 Å². The lowest BCUT2D eigenvalue weighted by Crippen LogP contribution is -2.63. The van der Waals surface area contributed by atoms with E-state index in [2.05, 4.69) is 26.6 Å². The lowest BCUT2D eigenvalue weighted by Gasteiger charge is -2.42. The number of esters is 1. The highest BCUT2D eigenvalue weighted by Crippen LogP contribution is 2.49. The number of unbranched alkanes of at least 4 members (excludes halogenated alkanes) is 2. The second-order valence-corrected chi connectivity index (χ2v) is 23.7. The molecule has 2 aromatic carbocycles. The lowest BCUT2D eigenvalue weighted by molar-refractivity contribution is -0.158. The first-order valence-corrected chi connectivity index (χ1v) is 29.8. The molecule has 0 spiro atoms. The molecule has 0 aliphatic carbocycles. The van der Waals surface area contributed by atoms with E-state index in [1.54, 1.807) is 76.2 Å². The topological polar surface area (TPSA) is 346 Å². The summed E-state index contributed by atoms with van der Waals surface area (Å²) < 4.78 is 35.0. The van der Waals surface area contributed by atoms with Crippen LogP contribution in [-0.2, 0) is 70.3 Å². The third kappa shape index (κ3) is 18.2. The fourth-order valence-corrected chi connectivity index (χ4v) is 11.1. The van der Waals surface area contributed by atoms with E-state index < -0.39 is 108 Å². The number of alkyl carbamates (subject to hydrolysis) is 1. The van der Waals surface area contributed by atoms with Crippen LogP contribution in [0.5, 0.6) is 5.75 Å². The summed E-state index contributed by atoms with van der Waals surface area (Å²) in [5, 5.41) is 25.3. The number of methoxy groups -OCH3 is 2. The van der Waals surface area contributed by atoms with Crippen LogP contribution in [0.15, 0.2) is 60.2 Å². The number of likely N-dealkylation sites (tertiary alicyclic amines) is 1. The molecule has 3 fully saturated rings. The van der Waals surface area contributed by atoms with E-state index in [1.807, 2.05) is 13.0 Å². The van der Waals surface area contributed by atoms with Crippen LogP contribution in [0.2, 0.25) is 5.02 Å². The van der Waals surface area contributed by atoms with Crippen LogP contribution < -0.4 is 42.0 Å². The molecule has 10 atom stereocenters. The van der Waals surface area contributed by atoms with Gasteiger partial charge in [0.1, 0.15) is 59.4 Å². The van der Waals surface area contributed by atoms with Crippen molar-refractivity contribution in [1.29, 1.82) is 0 Å². The van der Waals surface area contributed by atoms with Gasteiger partial charge in [-0.1, -0.05) is 74.7 Å². The summed E-state index contributed by atoms with van der Waals surface area (Å²) in [4.78, 5) is 135. The summed E-state index contributed by atoms with van der Waals surface area (Å²) in [6, 6.07) is 5.58. The molecule has 0 aromatic heterocycles. The average Bonchev–Trinajstić information content (AvgIpc) is 1.82.